The fourth-order valence-corrected chi connectivity index (χ4v) is 3.18. The molecule has 0 atom stereocenters. The largest absolute Gasteiger partial charge is 0.379 e. The van der Waals surface area contributed by atoms with E-state index in [9.17, 15) is 0 Å². The van der Waals surface area contributed by atoms with Gasteiger partial charge in [-0.3, -0.25) is 0 Å². The van der Waals surface area contributed by atoms with E-state index in [4.69, 9.17) is 11.6 Å². The predicted molar refractivity (Wildman–Crippen MR) is 82.0 cm³/mol. The molecule has 2 aromatic heterocycles. The zero-order chi connectivity index (χ0) is 13.1. The molecule has 0 spiro atoms. The molecule has 2 heterocycles. The summed E-state index contributed by atoms with van der Waals surface area (Å²) in [5.41, 5.74) is 2.20. The van der Waals surface area contributed by atoms with Gasteiger partial charge in [-0.2, -0.15) is 0 Å². The lowest BCUT2D eigenvalue weighted by Gasteiger charge is -2.04. The van der Waals surface area contributed by atoms with E-state index in [1.165, 1.54) is 11.3 Å². The summed E-state index contributed by atoms with van der Waals surface area (Å²) in [6.07, 6.45) is 3.49. The van der Waals surface area contributed by atoms with Crippen LogP contribution in [-0.2, 0) is 6.54 Å². The molecule has 0 fully saturated rings. The lowest BCUT2D eigenvalue weighted by molar-refractivity contribution is 1.10. The first-order valence-corrected chi connectivity index (χ1v) is 7.73. The van der Waals surface area contributed by atoms with E-state index in [1.54, 1.807) is 17.5 Å². The maximum absolute atomic E-state index is 5.84. The highest BCUT2D eigenvalue weighted by Crippen LogP contribution is 2.24. The number of anilines is 1. The molecule has 0 aliphatic carbocycles. The van der Waals surface area contributed by atoms with Gasteiger partial charge in [0.05, 0.1) is 12.7 Å². The lowest BCUT2D eigenvalue weighted by Crippen LogP contribution is -1.98. The predicted octanol–water partition coefficient (Wildman–Crippen LogP) is 4.53. The molecule has 0 saturated carbocycles. The monoisotopic (exact) mass is 307 g/mol. The third kappa shape index (κ3) is 3.12. The van der Waals surface area contributed by atoms with Gasteiger partial charge in [-0.1, -0.05) is 11.6 Å². The van der Waals surface area contributed by atoms with Crippen molar-refractivity contribution in [1.29, 1.82) is 0 Å². The Hall–Kier alpha value is -1.43. The second-order valence-electron chi connectivity index (χ2n) is 3.83. The second-order valence-corrected chi connectivity index (χ2v) is 6.47. The second kappa shape index (κ2) is 5.69. The summed E-state index contributed by atoms with van der Waals surface area (Å²) in [6.45, 7) is 0.688. The van der Waals surface area contributed by atoms with Crippen molar-refractivity contribution >= 4 is 40.0 Å². The topological polar surface area (TPSA) is 37.8 Å². The Labute approximate surface area is 123 Å². The van der Waals surface area contributed by atoms with Gasteiger partial charge >= 0.3 is 0 Å². The number of thiazole rings is 2. The average molecular weight is 308 g/mol. The van der Waals surface area contributed by atoms with Gasteiger partial charge < -0.3 is 5.32 Å². The van der Waals surface area contributed by atoms with Crippen molar-refractivity contribution in [3.8, 4) is 10.6 Å². The van der Waals surface area contributed by atoms with Crippen LogP contribution in [0.15, 0.2) is 42.0 Å². The van der Waals surface area contributed by atoms with Gasteiger partial charge in [0, 0.05) is 22.8 Å². The summed E-state index contributed by atoms with van der Waals surface area (Å²) in [4.78, 5) is 8.49. The molecule has 0 saturated heterocycles. The number of nitrogens with zero attached hydrogens (tertiary/aromatic N) is 2. The molecule has 0 amide bonds. The number of hydrogen-bond donors (Lipinski definition) is 1. The smallest absolute Gasteiger partial charge is 0.123 e. The number of hydrogen-bond acceptors (Lipinski definition) is 5. The molecule has 0 radical (unpaired) electrons. The molecule has 3 rings (SSSR count). The van der Waals surface area contributed by atoms with Gasteiger partial charge in [0.15, 0.2) is 0 Å². The van der Waals surface area contributed by atoms with Gasteiger partial charge in [0.1, 0.15) is 14.4 Å². The molecule has 6 heteroatoms. The third-order valence-electron chi connectivity index (χ3n) is 2.53. The number of nitrogens with one attached hydrogen (secondary N) is 1. The van der Waals surface area contributed by atoms with Gasteiger partial charge in [-0.05, 0) is 24.3 Å². The SMILES string of the molecule is Clc1cnc(CNc2ccc(-c3nccs3)cc2)s1. The molecule has 1 aromatic carbocycles. The Morgan fingerprint density at radius 3 is 2.63 bits per heavy atom. The van der Waals surface area contributed by atoms with E-state index in [2.05, 4.69) is 27.4 Å². The summed E-state index contributed by atoms with van der Waals surface area (Å²) in [6, 6.07) is 8.23. The zero-order valence-corrected chi connectivity index (χ0v) is 12.2. The van der Waals surface area contributed by atoms with Crippen LogP contribution in [0.3, 0.4) is 0 Å². The van der Waals surface area contributed by atoms with E-state index in [1.807, 2.05) is 23.7 Å². The summed E-state index contributed by atoms with van der Waals surface area (Å²) >= 11 is 8.97. The molecule has 96 valence electrons. The summed E-state index contributed by atoms with van der Waals surface area (Å²) in [5.74, 6) is 0. The summed E-state index contributed by atoms with van der Waals surface area (Å²) < 4.78 is 0.718. The van der Waals surface area contributed by atoms with Crippen LogP contribution in [0.1, 0.15) is 5.01 Å². The van der Waals surface area contributed by atoms with E-state index < -0.39 is 0 Å². The first-order chi connectivity index (χ1) is 9.31. The van der Waals surface area contributed by atoms with Crippen molar-refractivity contribution in [3.05, 3.63) is 51.4 Å². The van der Waals surface area contributed by atoms with E-state index in [0.717, 1.165) is 25.6 Å². The van der Waals surface area contributed by atoms with Crippen LogP contribution >= 0.6 is 34.3 Å². The first-order valence-electron chi connectivity index (χ1n) is 5.65. The molecular weight excluding hydrogens is 298 g/mol. The Morgan fingerprint density at radius 1 is 1.16 bits per heavy atom. The normalized spacial score (nSPS) is 10.6. The summed E-state index contributed by atoms with van der Waals surface area (Å²) in [5, 5.41) is 7.32. The Morgan fingerprint density at radius 2 is 2.00 bits per heavy atom. The molecule has 3 aromatic rings. The van der Waals surface area contributed by atoms with Crippen LogP contribution in [0.5, 0.6) is 0 Å². The minimum atomic E-state index is 0.688. The Kier molecular flexibility index (Phi) is 3.77. The lowest BCUT2D eigenvalue weighted by atomic mass is 10.2. The first kappa shape index (κ1) is 12.6. The van der Waals surface area contributed by atoms with Crippen LogP contribution in [0.4, 0.5) is 5.69 Å². The molecule has 1 N–H and O–H groups in total. The van der Waals surface area contributed by atoms with Crippen LogP contribution in [-0.4, -0.2) is 9.97 Å². The van der Waals surface area contributed by atoms with Gasteiger partial charge in [0.2, 0.25) is 0 Å². The minimum absolute atomic E-state index is 0.688. The van der Waals surface area contributed by atoms with E-state index >= 15 is 0 Å². The van der Waals surface area contributed by atoms with Crippen LogP contribution in [0.25, 0.3) is 10.6 Å². The molecule has 0 bridgehead atoms. The van der Waals surface area contributed by atoms with E-state index in [-0.39, 0.29) is 0 Å². The number of rotatable bonds is 4. The maximum atomic E-state index is 5.84. The maximum Gasteiger partial charge on any atom is 0.123 e. The van der Waals surface area contributed by atoms with Gasteiger partial charge in [0.25, 0.3) is 0 Å². The highest BCUT2D eigenvalue weighted by Gasteiger charge is 2.02. The highest BCUT2D eigenvalue weighted by molar-refractivity contribution is 7.15. The fraction of sp³-hybridized carbons (Fsp3) is 0.0769. The molecule has 3 nitrogen and oxygen atoms in total. The summed E-state index contributed by atoms with van der Waals surface area (Å²) in [7, 11) is 0. The molecule has 0 aliphatic rings. The van der Waals surface area contributed by atoms with Crippen molar-refractivity contribution < 1.29 is 0 Å². The van der Waals surface area contributed by atoms with Crippen LogP contribution in [0, 0.1) is 0 Å². The molecule has 0 aliphatic heterocycles. The highest BCUT2D eigenvalue weighted by atomic mass is 35.5. The number of halogens is 1. The van der Waals surface area contributed by atoms with Gasteiger partial charge in [-0.25, -0.2) is 9.97 Å². The molecule has 19 heavy (non-hydrogen) atoms. The quantitative estimate of drug-likeness (QED) is 0.769. The molecular formula is C13H10ClN3S2. The fourth-order valence-electron chi connectivity index (χ4n) is 1.64. The van der Waals surface area contributed by atoms with Crippen molar-refractivity contribution in [2.45, 2.75) is 6.54 Å². The molecule has 0 unspecified atom stereocenters. The zero-order valence-electron chi connectivity index (χ0n) is 9.84. The van der Waals surface area contributed by atoms with Crippen molar-refractivity contribution in [2.75, 3.05) is 5.32 Å². The number of benzene rings is 1. The standard InChI is InChI=1S/C13H10ClN3S2/c14-11-7-17-12(19-11)8-16-10-3-1-9(2-4-10)13-15-5-6-18-13/h1-7,16H,8H2. The van der Waals surface area contributed by atoms with Crippen molar-refractivity contribution in [3.63, 3.8) is 0 Å². The van der Waals surface area contributed by atoms with Crippen molar-refractivity contribution in [2.24, 2.45) is 0 Å². The minimum Gasteiger partial charge on any atom is -0.379 e. The van der Waals surface area contributed by atoms with Crippen molar-refractivity contribution in [1.82, 2.24) is 9.97 Å². The van der Waals surface area contributed by atoms with E-state index in [0.29, 0.717) is 6.54 Å². The number of aromatic nitrogens is 2. The Bertz CT molecular complexity index is 647. The van der Waals surface area contributed by atoms with Crippen LogP contribution < -0.4 is 5.32 Å². The Balaban J connectivity index is 1.66. The third-order valence-corrected chi connectivity index (χ3v) is 4.47. The average Bonchev–Trinajstić information content (AvgIpc) is 3.08. The van der Waals surface area contributed by atoms with Crippen LogP contribution in [0.2, 0.25) is 4.34 Å². The van der Waals surface area contributed by atoms with Gasteiger partial charge in [-0.15, -0.1) is 22.7 Å².